The normalized spacial score (nSPS) is 14.6. The number of aromatic nitrogens is 2. The van der Waals surface area contributed by atoms with Crippen molar-refractivity contribution in [1.29, 1.82) is 0 Å². The van der Waals surface area contributed by atoms with Gasteiger partial charge in [0.15, 0.2) is 0 Å². The second-order valence-corrected chi connectivity index (χ2v) is 16.4. The number of aryl methyl sites for hydroxylation is 2. The number of benzene rings is 4. The fourth-order valence-electron chi connectivity index (χ4n) is 8.27. The average Bonchev–Trinajstić information content (AvgIpc) is 3.20. The predicted octanol–water partition coefficient (Wildman–Crippen LogP) is 11.2. The van der Waals surface area contributed by atoms with Crippen LogP contribution in [-0.4, -0.2) is 23.1 Å². The molecule has 276 valence electrons. The number of rotatable bonds is 8. The van der Waals surface area contributed by atoms with Crippen LogP contribution in [0.15, 0.2) is 122 Å². The topological polar surface area (TPSA) is 32.3 Å². The zero-order chi connectivity index (χ0) is 36.8. The molecule has 54 heavy (non-hydrogen) atoms. The first kappa shape index (κ1) is 37.8. The van der Waals surface area contributed by atoms with Crippen molar-refractivity contribution in [3.63, 3.8) is 0 Å². The molecule has 0 unspecified atom stereocenters. The van der Waals surface area contributed by atoms with E-state index in [4.69, 9.17) is 9.97 Å². The Labute approximate surface area is 337 Å². The summed E-state index contributed by atoms with van der Waals surface area (Å²) in [6, 6.07) is 47.5. The van der Waals surface area contributed by atoms with Crippen LogP contribution in [0.1, 0.15) is 98.9 Å². The van der Waals surface area contributed by atoms with Gasteiger partial charge in [-0.15, -0.1) is 11.1 Å². The molecule has 0 saturated carbocycles. The molecular formula is C49H50N4Pt. The fraction of sp³-hybridized carbons (Fsp3) is 0.306. The number of hydrogen-bond donors (Lipinski definition) is 0. The molecule has 2 aromatic heterocycles. The van der Waals surface area contributed by atoms with E-state index in [0.29, 0.717) is 0 Å². The Bertz CT molecular complexity index is 2080. The Kier molecular flexibility index (Phi) is 10.5. The van der Waals surface area contributed by atoms with Gasteiger partial charge in [-0.2, -0.15) is 47.5 Å². The Balaban J connectivity index is 0.00000450. The van der Waals surface area contributed by atoms with Crippen LogP contribution in [0.3, 0.4) is 0 Å². The summed E-state index contributed by atoms with van der Waals surface area (Å²) >= 11 is 0. The van der Waals surface area contributed by atoms with Crippen molar-refractivity contribution in [2.24, 2.45) is 0 Å². The summed E-state index contributed by atoms with van der Waals surface area (Å²) in [4.78, 5) is 14.6. The van der Waals surface area contributed by atoms with Gasteiger partial charge in [-0.05, 0) is 64.8 Å². The van der Waals surface area contributed by atoms with Gasteiger partial charge in [0.1, 0.15) is 11.6 Å². The van der Waals surface area contributed by atoms with Crippen molar-refractivity contribution >= 4 is 23.0 Å². The number of fused-ring (bicyclic) bond motifs is 2. The minimum Gasteiger partial charge on any atom is -0.350 e. The van der Waals surface area contributed by atoms with Crippen LogP contribution in [0.25, 0.3) is 0 Å². The average molecular weight is 890 g/mol. The molecule has 0 N–H and O–H groups in total. The van der Waals surface area contributed by atoms with Crippen LogP contribution >= 0.6 is 0 Å². The SMILES string of the molecule is CC(C)(c1[c-]c2c(cc1)CCCN2c1cc(C(C)(C)c2ccccc2)ccn1)c1[c-]c2c(cc1)CCCN2c1cc(C(C)(C)c2ccccc2)ccn1.[Pt+2]. The predicted molar refractivity (Wildman–Crippen MR) is 219 cm³/mol. The second kappa shape index (κ2) is 15.0. The Morgan fingerprint density at radius 3 is 1.30 bits per heavy atom. The van der Waals surface area contributed by atoms with Gasteiger partial charge in [0.05, 0.1) is 0 Å². The molecule has 2 aliphatic rings. The van der Waals surface area contributed by atoms with Gasteiger partial charge in [-0.1, -0.05) is 126 Å². The van der Waals surface area contributed by atoms with E-state index in [2.05, 4.69) is 173 Å². The smallest absolute Gasteiger partial charge is 0.350 e. The van der Waals surface area contributed by atoms with Crippen LogP contribution in [0.4, 0.5) is 23.0 Å². The van der Waals surface area contributed by atoms with Crippen molar-refractivity contribution < 1.29 is 21.1 Å². The van der Waals surface area contributed by atoms with Crippen LogP contribution in [0.2, 0.25) is 0 Å². The molecule has 0 amide bonds. The van der Waals surface area contributed by atoms with Crippen LogP contribution < -0.4 is 9.80 Å². The van der Waals surface area contributed by atoms with Crippen LogP contribution in [0, 0.1) is 12.1 Å². The monoisotopic (exact) mass is 889 g/mol. The first-order valence-electron chi connectivity index (χ1n) is 19.2. The molecule has 4 aromatic carbocycles. The number of hydrogen-bond acceptors (Lipinski definition) is 4. The third kappa shape index (κ3) is 6.95. The molecule has 0 saturated heterocycles. The Morgan fingerprint density at radius 1 is 0.481 bits per heavy atom. The molecule has 4 heterocycles. The third-order valence-corrected chi connectivity index (χ3v) is 12.0. The molecule has 5 heteroatoms. The van der Waals surface area contributed by atoms with Gasteiger partial charge in [0, 0.05) is 36.3 Å². The fourth-order valence-corrected chi connectivity index (χ4v) is 8.27. The number of nitrogens with zero attached hydrogens (tertiary/aromatic N) is 4. The van der Waals surface area contributed by atoms with E-state index in [1.807, 2.05) is 12.4 Å². The van der Waals surface area contributed by atoms with E-state index < -0.39 is 0 Å². The van der Waals surface area contributed by atoms with Gasteiger partial charge in [0.25, 0.3) is 0 Å². The van der Waals surface area contributed by atoms with E-state index in [-0.39, 0.29) is 37.3 Å². The maximum Gasteiger partial charge on any atom is 2.00 e. The van der Waals surface area contributed by atoms with E-state index >= 15 is 0 Å². The summed E-state index contributed by atoms with van der Waals surface area (Å²) < 4.78 is 0. The van der Waals surface area contributed by atoms with Gasteiger partial charge in [0.2, 0.25) is 0 Å². The minimum absolute atomic E-state index is 0. The molecule has 0 aliphatic carbocycles. The van der Waals surface area contributed by atoms with E-state index in [1.165, 1.54) is 33.4 Å². The van der Waals surface area contributed by atoms with Crippen molar-refractivity contribution in [2.75, 3.05) is 22.9 Å². The van der Waals surface area contributed by atoms with E-state index in [1.54, 1.807) is 0 Å². The first-order valence-corrected chi connectivity index (χ1v) is 19.2. The summed E-state index contributed by atoms with van der Waals surface area (Å²) in [5.41, 5.74) is 11.8. The quantitative estimate of drug-likeness (QED) is 0.143. The molecule has 0 fully saturated rings. The summed E-state index contributed by atoms with van der Waals surface area (Å²) in [7, 11) is 0. The van der Waals surface area contributed by atoms with E-state index in [9.17, 15) is 0 Å². The molecule has 0 radical (unpaired) electrons. The first-order chi connectivity index (χ1) is 25.5. The molecule has 6 aromatic rings. The molecule has 4 nitrogen and oxygen atoms in total. The largest absolute Gasteiger partial charge is 2.00 e. The minimum atomic E-state index is -0.328. The van der Waals surface area contributed by atoms with Crippen molar-refractivity contribution in [3.8, 4) is 0 Å². The molecular weight excluding hydrogens is 840 g/mol. The standard InChI is InChI=1S/C49H50N4.Pt/c1-47(2,37-17-9-7-10-18-37)41-25-27-50-45(33-41)52-29-13-15-35-21-23-39(31-43(35)52)49(5,6)40-24-22-36-16-14-30-53(44(36)32-40)46-34-42(26-28-51-46)48(3,4)38-19-11-8-12-20-38;/h7-12,17-28,33-34H,13-16,29-30H2,1-6H3;/q-2;+2. The Morgan fingerprint density at radius 2 is 0.889 bits per heavy atom. The van der Waals surface area contributed by atoms with Gasteiger partial charge < -0.3 is 9.80 Å². The van der Waals surface area contributed by atoms with Crippen molar-refractivity contribution in [2.45, 2.75) is 83.5 Å². The molecule has 0 bridgehead atoms. The number of anilines is 4. The number of pyridine rings is 2. The molecule has 8 rings (SSSR count). The zero-order valence-corrected chi connectivity index (χ0v) is 34.7. The Hall–Kier alpha value is -4.53. The third-order valence-electron chi connectivity index (χ3n) is 12.0. The molecule has 2 aliphatic heterocycles. The van der Waals surface area contributed by atoms with Gasteiger partial charge in [-0.3, -0.25) is 0 Å². The van der Waals surface area contributed by atoms with Gasteiger partial charge in [-0.25, -0.2) is 9.97 Å². The zero-order valence-electron chi connectivity index (χ0n) is 32.4. The molecule has 0 spiro atoms. The molecule has 0 atom stereocenters. The summed E-state index contributed by atoms with van der Waals surface area (Å²) in [6.07, 6.45) is 8.21. The van der Waals surface area contributed by atoms with Crippen molar-refractivity contribution in [1.82, 2.24) is 9.97 Å². The van der Waals surface area contributed by atoms with Crippen LogP contribution in [0.5, 0.6) is 0 Å². The van der Waals surface area contributed by atoms with Gasteiger partial charge >= 0.3 is 21.1 Å². The van der Waals surface area contributed by atoms with Crippen molar-refractivity contribution in [3.05, 3.63) is 178 Å². The van der Waals surface area contributed by atoms with Crippen LogP contribution in [-0.2, 0) is 50.2 Å². The summed E-state index contributed by atoms with van der Waals surface area (Å²) in [5.74, 6) is 1.97. The summed E-state index contributed by atoms with van der Waals surface area (Å²) in [6.45, 7) is 15.7. The second-order valence-electron chi connectivity index (χ2n) is 16.4. The van der Waals surface area contributed by atoms with E-state index in [0.717, 1.165) is 72.9 Å². The maximum atomic E-state index is 4.93. The summed E-state index contributed by atoms with van der Waals surface area (Å²) in [5, 5.41) is 0. The maximum absolute atomic E-state index is 4.93.